The van der Waals surface area contributed by atoms with Gasteiger partial charge in [0, 0.05) is 13.7 Å². The third kappa shape index (κ3) is 3.02. The van der Waals surface area contributed by atoms with Crippen molar-refractivity contribution in [1.29, 1.82) is 0 Å². The monoisotopic (exact) mass is 259 g/mol. The smallest absolute Gasteiger partial charge is 0.328 e. The van der Waals surface area contributed by atoms with Crippen molar-refractivity contribution in [3.8, 4) is 0 Å². The van der Waals surface area contributed by atoms with Gasteiger partial charge in [0.1, 0.15) is 5.54 Å². The van der Waals surface area contributed by atoms with Gasteiger partial charge in [-0.05, 0) is 24.6 Å². The lowest BCUT2D eigenvalue weighted by molar-refractivity contribution is -0.144. The average molecular weight is 259 g/mol. The minimum Gasteiger partial charge on any atom is -0.480 e. The molecule has 0 aliphatic rings. The van der Waals surface area contributed by atoms with Crippen molar-refractivity contribution in [3.63, 3.8) is 0 Å². The number of hydrogen-bond donors (Lipinski definition) is 2. The van der Waals surface area contributed by atoms with Gasteiger partial charge in [0.05, 0.1) is 6.61 Å². The highest BCUT2D eigenvalue weighted by molar-refractivity contribution is 5.80. The third-order valence-electron chi connectivity index (χ3n) is 2.71. The fraction of sp³-hybridized carbons (Fsp3) is 0.417. The van der Waals surface area contributed by atoms with Crippen molar-refractivity contribution in [2.45, 2.75) is 12.5 Å². The van der Waals surface area contributed by atoms with Gasteiger partial charge < -0.3 is 9.84 Å². The van der Waals surface area contributed by atoms with E-state index in [2.05, 4.69) is 5.32 Å². The van der Waals surface area contributed by atoms with E-state index >= 15 is 0 Å². The Hall–Kier alpha value is -1.53. The molecule has 6 heteroatoms. The molecule has 1 unspecified atom stereocenters. The molecular formula is C12H15F2NO3. The Balaban J connectivity index is 3.02. The lowest BCUT2D eigenvalue weighted by atomic mass is 9.92. The molecule has 0 bridgehead atoms. The summed E-state index contributed by atoms with van der Waals surface area (Å²) in [6, 6.07) is 3.03. The summed E-state index contributed by atoms with van der Waals surface area (Å²) in [5.74, 6) is -3.26. The van der Waals surface area contributed by atoms with Crippen LogP contribution < -0.4 is 5.32 Å². The Labute approximate surface area is 104 Å². The Morgan fingerprint density at radius 1 is 1.44 bits per heavy atom. The molecule has 0 saturated carbocycles. The molecule has 0 aromatic heterocycles. The van der Waals surface area contributed by atoms with E-state index in [-0.39, 0.29) is 12.1 Å². The molecule has 1 aromatic rings. The van der Waals surface area contributed by atoms with E-state index in [1.807, 2.05) is 0 Å². The van der Waals surface area contributed by atoms with Gasteiger partial charge in [-0.1, -0.05) is 6.07 Å². The second-order valence-electron chi connectivity index (χ2n) is 3.98. The number of hydrogen-bond acceptors (Lipinski definition) is 3. The van der Waals surface area contributed by atoms with Crippen LogP contribution in [0.4, 0.5) is 8.78 Å². The highest BCUT2D eigenvalue weighted by Gasteiger charge is 2.35. The van der Waals surface area contributed by atoms with Crippen molar-refractivity contribution in [2.24, 2.45) is 0 Å². The highest BCUT2D eigenvalue weighted by Crippen LogP contribution is 2.23. The normalized spacial score (nSPS) is 14.2. The van der Waals surface area contributed by atoms with Crippen molar-refractivity contribution in [1.82, 2.24) is 5.32 Å². The summed E-state index contributed by atoms with van der Waals surface area (Å²) in [6.07, 6.45) is 0. The van der Waals surface area contributed by atoms with Gasteiger partial charge in [0.25, 0.3) is 0 Å². The molecule has 1 rings (SSSR count). The second kappa shape index (κ2) is 5.88. The van der Waals surface area contributed by atoms with Crippen LogP contribution in [0, 0.1) is 11.6 Å². The number of benzene rings is 1. The summed E-state index contributed by atoms with van der Waals surface area (Å²) >= 11 is 0. The van der Waals surface area contributed by atoms with Crippen LogP contribution in [0.3, 0.4) is 0 Å². The summed E-state index contributed by atoms with van der Waals surface area (Å²) in [7, 11) is 1.48. The summed E-state index contributed by atoms with van der Waals surface area (Å²) in [5.41, 5.74) is -1.35. The Morgan fingerprint density at radius 2 is 2.11 bits per heavy atom. The van der Waals surface area contributed by atoms with Gasteiger partial charge in [0.15, 0.2) is 11.6 Å². The van der Waals surface area contributed by atoms with Crippen molar-refractivity contribution in [3.05, 3.63) is 35.4 Å². The van der Waals surface area contributed by atoms with Crippen LogP contribution in [0.2, 0.25) is 0 Å². The van der Waals surface area contributed by atoms with Gasteiger partial charge in [-0.15, -0.1) is 0 Å². The molecule has 0 radical (unpaired) electrons. The summed E-state index contributed by atoms with van der Waals surface area (Å²) in [6.45, 7) is 1.97. The average Bonchev–Trinajstić information content (AvgIpc) is 2.32. The first-order valence-electron chi connectivity index (χ1n) is 5.34. The lowest BCUT2D eigenvalue weighted by Gasteiger charge is -2.26. The van der Waals surface area contributed by atoms with E-state index in [0.29, 0.717) is 6.61 Å². The maximum Gasteiger partial charge on any atom is 0.328 e. The van der Waals surface area contributed by atoms with E-state index in [1.54, 1.807) is 0 Å². The van der Waals surface area contributed by atoms with Crippen molar-refractivity contribution < 1.29 is 23.4 Å². The molecular weight excluding hydrogens is 244 g/mol. The minimum absolute atomic E-state index is 0.144. The molecule has 18 heavy (non-hydrogen) atoms. The van der Waals surface area contributed by atoms with E-state index < -0.39 is 23.1 Å². The number of carboxylic acids is 1. The number of ether oxygens (including phenoxy) is 1. The molecule has 0 saturated heterocycles. The van der Waals surface area contributed by atoms with Crippen LogP contribution in [0.1, 0.15) is 12.5 Å². The number of aliphatic carboxylic acids is 1. The maximum absolute atomic E-state index is 13.1. The van der Waals surface area contributed by atoms with Gasteiger partial charge in [-0.25, -0.2) is 13.6 Å². The van der Waals surface area contributed by atoms with E-state index in [4.69, 9.17) is 4.74 Å². The quantitative estimate of drug-likeness (QED) is 0.760. The predicted molar refractivity (Wildman–Crippen MR) is 61.2 cm³/mol. The van der Waals surface area contributed by atoms with Crippen LogP contribution in [-0.4, -0.2) is 31.3 Å². The number of carboxylic acid groups (broad SMARTS) is 1. The first-order valence-corrected chi connectivity index (χ1v) is 5.34. The molecule has 0 heterocycles. The fourth-order valence-corrected chi connectivity index (χ4v) is 1.51. The molecule has 0 aliphatic heterocycles. The van der Waals surface area contributed by atoms with E-state index in [1.165, 1.54) is 20.1 Å². The van der Waals surface area contributed by atoms with Crippen molar-refractivity contribution in [2.75, 3.05) is 20.3 Å². The first kappa shape index (κ1) is 14.5. The first-order chi connectivity index (χ1) is 8.41. The Morgan fingerprint density at radius 3 is 2.61 bits per heavy atom. The van der Waals surface area contributed by atoms with Crippen LogP contribution in [-0.2, 0) is 15.1 Å². The summed E-state index contributed by atoms with van der Waals surface area (Å²) in [5, 5.41) is 12.0. The molecule has 100 valence electrons. The number of nitrogens with one attached hydrogen (secondary N) is 1. The Bertz CT molecular complexity index is 439. The molecule has 2 N–H and O–H groups in total. The highest BCUT2D eigenvalue weighted by atomic mass is 19.2. The zero-order valence-electron chi connectivity index (χ0n) is 10.2. The topological polar surface area (TPSA) is 58.6 Å². The summed E-state index contributed by atoms with van der Waals surface area (Å²) in [4.78, 5) is 11.3. The zero-order valence-corrected chi connectivity index (χ0v) is 10.2. The number of carbonyl (C=O) groups is 1. The van der Waals surface area contributed by atoms with Crippen LogP contribution in [0.25, 0.3) is 0 Å². The lowest BCUT2D eigenvalue weighted by Crippen LogP contribution is -2.47. The molecule has 0 amide bonds. The van der Waals surface area contributed by atoms with Gasteiger partial charge in [-0.2, -0.15) is 0 Å². The summed E-state index contributed by atoms with van der Waals surface area (Å²) < 4.78 is 30.8. The standard InChI is InChI=1S/C12H15F2NO3/c1-12(11(16)17,15-5-6-18-2)8-3-4-9(13)10(14)7-8/h3-4,7,15H,5-6H2,1-2H3,(H,16,17). The predicted octanol–water partition coefficient (Wildman–Crippen LogP) is 1.50. The molecule has 0 aliphatic carbocycles. The van der Waals surface area contributed by atoms with Crippen LogP contribution >= 0.6 is 0 Å². The number of halogens is 2. The van der Waals surface area contributed by atoms with E-state index in [0.717, 1.165) is 12.1 Å². The maximum atomic E-state index is 13.1. The van der Waals surface area contributed by atoms with Crippen molar-refractivity contribution >= 4 is 5.97 Å². The molecule has 0 spiro atoms. The molecule has 0 fully saturated rings. The largest absolute Gasteiger partial charge is 0.480 e. The third-order valence-corrected chi connectivity index (χ3v) is 2.71. The van der Waals surface area contributed by atoms with E-state index in [9.17, 15) is 18.7 Å². The number of rotatable bonds is 6. The number of methoxy groups -OCH3 is 1. The second-order valence-corrected chi connectivity index (χ2v) is 3.98. The Kier molecular flexibility index (Phi) is 4.75. The minimum atomic E-state index is -1.49. The van der Waals surface area contributed by atoms with Gasteiger partial charge in [-0.3, -0.25) is 5.32 Å². The SMILES string of the molecule is COCCNC(C)(C(=O)O)c1ccc(F)c(F)c1. The molecule has 4 nitrogen and oxygen atoms in total. The van der Waals surface area contributed by atoms with Crippen LogP contribution in [0.15, 0.2) is 18.2 Å². The zero-order chi connectivity index (χ0) is 13.8. The van der Waals surface area contributed by atoms with Gasteiger partial charge >= 0.3 is 5.97 Å². The molecule has 1 atom stereocenters. The van der Waals surface area contributed by atoms with Crippen LogP contribution in [0.5, 0.6) is 0 Å². The fourth-order valence-electron chi connectivity index (χ4n) is 1.51. The molecule has 1 aromatic carbocycles. The van der Waals surface area contributed by atoms with Gasteiger partial charge in [0.2, 0.25) is 0 Å².